The van der Waals surface area contributed by atoms with Crippen molar-refractivity contribution in [3.05, 3.63) is 82.2 Å². The Kier molecular flexibility index (Phi) is 8.75. The number of nitrogens with one attached hydrogen (secondary N) is 1. The van der Waals surface area contributed by atoms with Crippen molar-refractivity contribution >= 4 is 23.5 Å². The van der Waals surface area contributed by atoms with Crippen LogP contribution in [0, 0.1) is 0 Å². The second-order valence-electron chi connectivity index (χ2n) is 8.78. The summed E-state index contributed by atoms with van der Waals surface area (Å²) in [6.07, 6.45) is 2.05. The molecule has 2 aliphatic rings. The second kappa shape index (κ2) is 12.2. The molecule has 1 aliphatic carbocycles. The Morgan fingerprint density at radius 3 is 2.67 bits per heavy atom. The molecule has 0 fully saturated rings. The highest BCUT2D eigenvalue weighted by atomic mass is 32.2. The van der Waals surface area contributed by atoms with E-state index in [9.17, 15) is 9.59 Å². The van der Waals surface area contributed by atoms with Crippen LogP contribution in [0.2, 0.25) is 0 Å². The van der Waals surface area contributed by atoms with Crippen molar-refractivity contribution in [1.82, 2.24) is 5.32 Å². The molecule has 0 radical (unpaired) electrons. The number of carbonyl (C=O) groups excluding carboxylic acids is 2. The number of allylic oxidation sites excluding steroid dienone is 3. The molecule has 0 amide bonds. The number of hydrogen-bond donors (Lipinski definition) is 1. The van der Waals surface area contributed by atoms with Gasteiger partial charge in [0.1, 0.15) is 13.2 Å². The van der Waals surface area contributed by atoms with E-state index in [-0.39, 0.29) is 5.78 Å². The lowest BCUT2D eigenvalue weighted by Crippen LogP contribution is -2.34. The molecule has 0 saturated heterocycles. The van der Waals surface area contributed by atoms with Gasteiger partial charge in [-0.05, 0) is 48.8 Å². The quantitative estimate of drug-likeness (QED) is 0.334. The molecule has 36 heavy (non-hydrogen) atoms. The Bertz CT molecular complexity index is 1170. The average molecular weight is 508 g/mol. The lowest BCUT2D eigenvalue weighted by atomic mass is 9.75. The van der Waals surface area contributed by atoms with Crippen molar-refractivity contribution in [3.63, 3.8) is 0 Å². The lowest BCUT2D eigenvalue weighted by Gasteiger charge is -2.34. The molecule has 2 aromatic rings. The summed E-state index contributed by atoms with van der Waals surface area (Å²) < 4.78 is 17.3. The number of rotatable bonds is 10. The third-order valence-corrected chi connectivity index (χ3v) is 7.28. The summed E-state index contributed by atoms with van der Waals surface area (Å²) in [5.74, 6) is 2.01. The Hall–Kier alpha value is -3.19. The largest absolute Gasteiger partial charge is 0.493 e. The molecule has 4 rings (SSSR count). The van der Waals surface area contributed by atoms with Gasteiger partial charge in [0.05, 0.1) is 12.7 Å². The molecule has 0 spiro atoms. The van der Waals surface area contributed by atoms with Gasteiger partial charge in [-0.2, -0.15) is 11.8 Å². The van der Waals surface area contributed by atoms with Crippen LogP contribution in [0.5, 0.6) is 11.5 Å². The molecule has 0 saturated carbocycles. The molecular weight excluding hydrogens is 474 g/mol. The minimum atomic E-state index is -0.516. The van der Waals surface area contributed by atoms with Crippen molar-refractivity contribution in [3.8, 4) is 11.5 Å². The van der Waals surface area contributed by atoms with Crippen molar-refractivity contribution < 1.29 is 23.8 Å². The van der Waals surface area contributed by atoms with Gasteiger partial charge >= 0.3 is 5.97 Å². The molecule has 1 heterocycles. The highest BCUT2D eigenvalue weighted by molar-refractivity contribution is 7.99. The van der Waals surface area contributed by atoms with E-state index >= 15 is 0 Å². The minimum Gasteiger partial charge on any atom is -0.493 e. The lowest BCUT2D eigenvalue weighted by molar-refractivity contribution is -0.138. The van der Waals surface area contributed by atoms with Crippen LogP contribution in [0.25, 0.3) is 0 Å². The average Bonchev–Trinajstić information content (AvgIpc) is 2.89. The number of ether oxygens (including phenoxy) is 3. The van der Waals surface area contributed by atoms with Gasteiger partial charge in [0.25, 0.3) is 0 Å². The summed E-state index contributed by atoms with van der Waals surface area (Å²) in [5.41, 5.74) is 4.61. The maximum atomic E-state index is 13.3. The molecule has 1 N–H and O–H groups in total. The molecule has 190 valence electrons. The molecule has 6 nitrogen and oxygen atoms in total. The van der Waals surface area contributed by atoms with Gasteiger partial charge in [-0.1, -0.05) is 43.3 Å². The Morgan fingerprint density at radius 1 is 1.11 bits per heavy atom. The predicted molar refractivity (Wildman–Crippen MR) is 142 cm³/mol. The molecule has 0 bridgehead atoms. The smallest absolute Gasteiger partial charge is 0.336 e. The molecule has 0 unspecified atom stereocenters. The third-order valence-electron chi connectivity index (χ3n) is 6.42. The zero-order chi connectivity index (χ0) is 25.5. The fraction of sp³-hybridized carbons (Fsp3) is 0.379. The normalized spacial score (nSPS) is 17.4. The van der Waals surface area contributed by atoms with E-state index in [0.717, 1.165) is 46.9 Å². The summed E-state index contributed by atoms with van der Waals surface area (Å²) >= 11 is 1.72. The fourth-order valence-electron chi connectivity index (χ4n) is 4.72. The van der Waals surface area contributed by atoms with Crippen LogP contribution in [0.1, 0.15) is 50.2 Å². The zero-order valence-corrected chi connectivity index (χ0v) is 21.9. The number of benzene rings is 2. The second-order valence-corrected chi connectivity index (χ2v) is 10.2. The predicted octanol–water partition coefficient (Wildman–Crippen LogP) is 5.54. The summed E-state index contributed by atoms with van der Waals surface area (Å²) in [6, 6.07) is 15.6. The van der Waals surface area contributed by atoms with E-state index in [1.165, 1.54) is 0 Å². The van der Waals surface area contributed by atoms with Crippen molar-refractivity contribution in [2.24, 2.45) is 0 Å². The van der Waals surface area contributed by atoms with Crippen LogP contribution >= 0.6 is 11.8 Å². The maximum Gasteiger partial charge on any atom is 0.336 e. The monoisotopic (exact) mass is 507 g/mol. The van der Waals surface area contributed by atoms with Gasteiger partial charge in [-0.25, -0.2) is 4.79 Å². The molecular formula is C29H33NO5S. The number of carbonyl (C=O) groups is 2. The van der Waals surface area contributed by atoms with E-state index in [1.54, 1.807) is 18.9 Å². The van der Waals surface area contributed by atoms with Gasteiger partial charge in [0.15, 0.2) is 17.3 Å². The van der Waals surface area contributed by atoms with Gasteiger partial charge in [-0.15, -0.1) is 0 Å². The van der Waals surface area contributed by atoms with Gasteiger partial charge in [0.2, 0.25) is 0 Å². The van der Waals surface area contributed by atoms with Crippen molar-refractivity contribution in [2.45, 2.75) is 45.6 Å². The number of esters is 1. The van der Waals surface area contributed by atoms with Gasteiger partial charge in [-0.3, -0.25) is 4.79 Å². The van der Waals surface area contributed by atoms with Crippen LogP contribution in [-0.2, 0) is 20.9 Å². The van der Waals surface area contributed by atoms with Crippen molar-refractivity contribution in [2.75, 3.05) is 25.2 Å². The van der Waals surface area contributed by atoms with E-state index in [0.29, 0.717) is 42.3 Å². The molecule has 1 atom stereocenters. The van der Waals surface area contributed by atoms with E-state index < -0.39 is 11.9 Å². The zero-order valence-electron chi connectivity index (χ0n) is 21.1. The number of thioether (sulfide) groups is 1. The first-order valence-electron chi connectivity index (χ1n) is 12.4. The van der Waals surface area contributed by atoms with Crippen LogP contribution in [0.15, 0.2) is 71.1 Å². The number of Topliss-reactive ketones (excluding diaryl/α,β-unsaturated/α-hetero) is 1. The fourth-order valence-corrected chi connectivity index (χ4v) is 5.21. The first kappa shape index (κ1) is 25.9. The Labute approximate surface area is 217 Å². The van der Waals surface area contributed by atoms with Gasteiger partial charge in [0, 0.05) is 35.1 Å². The molecule has 7 heteroatoms. The highest BCUT2D eigenvalue weighted by Crippen LogP contribution is 2.44. The van der Waals surface area contributed by atoms with Gasteiger partial charge < -0.3 is 19.5 Å². The number of ketones is 1. The van der Waals surface area contributed by atoms with E-state index in [1.807, 2.05) is 55.5 Å². The summed E-state index contributed by atoms with van der Waals surface area (Å²) in [4.78, 5) is 26.4. The highest BCUT2D eigenvalue weighted by Gasteiger charge is 2.39. The SMILES string of the molecule is CCSCCOC(=O)C1=C(C)NC2=C(C(=O)CCC2)[C@@H]1c1ccc(OCc2ccccc2)c(OC)c1. The first-order chi connectivity index (χ1) is 17.5. The van der Waals surface area contributed by atoms with Crippen LogP contribution in [0.3, 0.4) is 0 Å². The summed E-state index contributed by atoms with van der Waals surface area (Å²) in [7, 11) is 1.59. The van der Waals surface area contributed by atoms with Crippen molar-refractivity contribution in [1.29, 1.82) is 0 Å². The standard InChI is InChI=1S/C29H33NO5S/c1-4-36-16-15-34-29(32)26-19(2)30-22-11-8-12-23(31)28(22)27(26)21-13-14-24(25(17-21)33-3)35-18-20-9-6-5-7-10-20/h5-7,9-10,13-14,17,27,30H,4,8,11-12,15-16,18H2,1-3H3/t27-/m1/s1. The Morgan fingerprint density at radius 2 is 1.92 bits per heavy atom. The summed E-state index contributed by atoms with van der Waals surface area (Å²) in [6.45, 7) is 4.69. The topological polar surface area (TPSA) is 73.9 Å². The Balaban J connectivity index is 1.67. The molecule has 2 aromatic carbocycles. The number of methoxy groups -OCH3 is 1. The van der Waals surface area contributed by atoms with E-state index in [4.69, 9.17) is 14.2 Å². The van der Waals surface area contributed by atoms with Crippen LogP contribution < -0.4 is 14.8 Å². The minimum absolute atomic E-state index is 0.0662. The van der Waals surface area contributed by atoms with Crippen LogP contribution in [-0.4, -0.2) is 37.0 Å². The molecule has 1 aliphatic heterocycles. The molecule has 0 aromatic heterocycles. The van der Waals surface area contributed by atoms with Crippen LogP contribution in [0.4, 0.5) is 0 Å². The summed E-state index contributed by atoms with van der Waals surface area (Å²) in [5, 5.41) is 3.34. The number of dihydropyridines is 1. The van der Waals surface area contributed by atoms with E-state index in [2.05, 4.69) is 12.2 Å². The first-order valence-corrected chi connectivity index (χ1v) is 13.5. The maximum absolute atomic E-state index is 13.3. The number of hydrogen-bond acceptors (Lipinski definition) is 7. The third kappa shape index (κ3) is 5.78.